The van der Waals surface area contributed by atoms with E-state index in [0.717, 1.165) is 0 Å². The van der Waals surface area contributed by atoms with Crippen LogP contribution in [0.4, 0.5) is 5.82 Å². The smallest absolute Gasteiger partial charge is 0.356 e. The van der Waals surface area contributed by atoms with Gasteiger partial charge in [-0.2, -0.15) is 5.10 Å². The summed E-state index contributed by atoms with van der Waals surface area (Å²) in [5.41, 5.74) is 6.55. The number of nitrogen functional groups attached to an aromatic ring is 1. The van der Waals surface area contributed by atoms with Crippen LogP contribution in [0.1, 0.15) is 16.1 Å². The number of aryl methyl sites for hydroxylation is 1. The van der Waals surface area contributed by atoms with Crippen LogP contribution in [-0.2, 0) is 11.8 Å². The zero-order chi connectivity index (χ0) is 9.30. The number of nitrogens with two attached hydrogens (primary N) is 1. The molecule has 0 aliphatic heterocycles. The van der Waals surface area contributed by atoms with Gasteiger partial charge >= 0.3 is 5.97 Å². The number of hydrogen-bond acceptors (Lipinski definition) is 4. The Morgan fingerprint density at radius 1 is 1.67 bits per heavy atom. The van der Waals surface area contributed by atoms with Gasteiger partial charge < -0.3 is 10.5 Å². The average Bonchev–Trinajstić information content (AvgIpc) is 2.26. The van der Waals surface area contributed by atoms with E-state index in [1.165, 1.54) is 11.8 Å². The highest BCUT2D eigenvalue weighted by Crippen LogP contribution is 2.14. The molecule has 0 aliphatic carbocycles. The van der Waals surface area contributed by atoms with E-state index in [1.54, 1.807) is 14.0 Å². The maximum Gasteiger partial charge on any atom is 0.356 e. The number of hydrogen-bond donors (Lipinski definition) is 1. The minimum absolute atomic E-state index is 0.359. The third-order valence-corrected chi connectivity index (χ3v) is 1.70. The van der Waals surface area contributed by atoms with E-state index in [9.17, 15) is 4.79 Å². The predicted octanol–water partition coefficient (Wildman–Crippen LogP) is 0.0973. The van der Waals surface area contributed by atoms with Gasteiger partial charge in [-0.1, -0.05) is 0 Å². The van der Waals surface area contributed by atoms with Crippen LogP contribution in [0, 0.1) is 6.92 Å². The van der Waals surface area contributed by atoms with Crippen molar-refractivity contribution in [1.29, 1.82) is 0 Å². The van der Waals surface area contributed by atoms with Gasteiger partial charge in [-0.3, -0.25) is 4.68 Å². The summed E-state index contributed by atoms with van der Waals surface area (Å²) in [5, 5.41) is 3.87. The minimum Gasteiger partial charge on any atom is -0.464 e. The Morgan fingerprint density at radius 2 is 2.25 bits per heavy atom. The first-order valence-corrected chi connectivity index (χ1v) is 3.45. The Morgan fingerprint density at radius 3 is 2.58 bits per heavy atom. The number of ether oxygens (including phenoxy) is 1. The first kappa shape index (κ1) is 8.58. The Bertz CT molecular complexity index is 317. The third kappa shape index (κ3) is 1.13. The minimum atomic E-state index is -0.417. The summed E-state index contributed by atoms with van der Waals surface area (Å²) in [7, 11) is 2.97. The summed E-state index contributed by atoms with van der Waals surface area (Å²) in [6.07, 6.45) is 0. The highest BCUT2D eigenvalue weighted by Gasteiger charge is 2.17. The quantitative estimate of drug-likeness (QED) is 0.605. The summed E-state index contributed by atoms with van der Waals surface area (Å²) in [6, 6.07) is 0. The zero-order valence-electron chi connectivity index (χ0n) is 7.29. The van der Waals surface area contributed by atoms with E-state index in [-0.39, 0.29) is 0 Å². The van der Waals surface area contributed by atoms with Crippen molar-refractivity contribution in [3.63, 3.8) is 0 Å². The Kier molecular flexibility index (Phi) is 2.03. The summed E-state index contributed by atoms with van der Waals surface area (Å²) in [6.45, 7) is 1.73. The molecule has 0 unspecified atom stereocenters. The number of esters is 1. The molecule has 1 rings (SSSR count). The highest BCUT2D eigenvalue weighted by atomic mass is 16.5. The first-order valence-electron chi connectivity index (χ1n) is 3.45. The lowest BCUT2D eigenvalue weighted by Gasteiger charge is -1.99. The van der Waals surface area contributed by atoms with Crippen molar-refractivity contribution in [2.75, 3.05) is 12.8 Å². The number of carbonyl (C=O) groups excluding carboxylic acids is 1. The molecule has 0 spiro atoms. The van der Waals surface area contributed by atoms with E-state index in [1.807, 2.05) is 0 Å². The van der Waals surface area contributed by atoms with Gasteiger partial charge in [0.05, 0.1) is 7.11 Å². The molecule has 0 atom stereocenters. The van der Waals surface area contributed by atoms with Gasteiger partial charge in [-0.15, -0.1) is 0 Å². The molecular formula is C7H11N3O2. The van der Waals surface area contributed by atoms with Gasteiger partial charge in [0, 0.05) is 12.6 Å². The fraction of sp³-hybridized carbons (Fsp3) is 0.429. The van der Waals surface area contributed by atoms with E-state index < -0.39 is 5.97 Å². The summed E-state index contributed by atoms with van der Waals surface area (Å²) < 4.78 is 5.97. The number of anilines is 1. The van der Waals surface area contributed by atoms with E-state index in [0.29, 0.717) is 17.1 Å². The van der Waals surface area contributed by atoms with Crippen LogP contribution in [0.25, 0.3) is 0 Å². The second-order valence-electron chi connectivity index (χ2n) is 2.47. The van der Waals surface area contributed by atoms with Crippen LogP contribution in [0.2, 0.25) is 0 Å². The lowest BCUT2D eigenvalue weighted by molar-refractivity contribution is 0.0587. The largest absolute Gasteiger partial charge is 0.464 e. The molecule has 2 N–H and O–H groups in total. The summed E-state index contributed by atoms with van der Waals surface area (Å²) >= 11 is 0. The molecule has 1 aromatic rings. The van der Waals surface area contributed by atoms with Crippen molar-refractivity contribution in [3.05, 3.63) is 11.3 Å². The van der Waals surface area contributed by atoms with Crippen molar-refractivity contribution >= 4 is 11.8 Å². The van der Waals surface area contributed by atoms with Crippen molar-refractivity contribution in [3.8, 4) is 0 Å². The van der Waals surface area contributed by atoms with Gasteiger partial charge in [0.25, 0.3) is 0 Å². The molecule has 66 valence electrons. The Hall–Kier alpha value is -1.52. The second kappa shape index (κ2) is 2.84. The molecule has 5 nitrogen and oxygen atoms in total. The van der Waals surface area contributed by atoms with Crippen LogP contribution in [0.3, 0.4) is 0 Å². The second-order valence-corrected chi connectivity index (χ2v) is 2.47. The van der Waals surface area contributed by atoms with Crippen LogP contribution < -0.4 is 5.73 Å². The van der Waals surface area contributed by atoms with Gasteiger partial charge in [0.1, 0.15) is 5.82 Å². The summed E-state index contributed by atoms with van der Waals surface area (Å²) in [5.74, 6) is -0.0582. The molecular weight excluding hydrogens is 158 g/mol. The zero-order valence-corrected chi connectivity index (χ0v) is 7.29. The van der Waals surface area contributed by atoms with Crippen LogP contribution >= 0.6 is 0 Å². The van der Waals surface area contributed by atoms with Crippen molar-refractivity contribution < 1.29 is 9.53 Å². The van der Waals surface area contributed by atoms with Crippen LogP contribution in [-0.4, -0.2) is 22.9 Å². The Balaban J connectivity index is 3.22. The van der Waals surface area contributed by atoms with Crippen LogP contribution in [0.15, 0.2) is 0 Å². The van der Waals surface area contributed by atoms with E-state index in [4.69, 9.17) is 5.73 Å². The molecule has 5 heteroatoms. The number of nitrogens with zero attached hydrogens (tertiary/aromatic N) is 2. The van der Waals surface area contributed by atoms with Crippen LogP contribution in [0.5, 0.6) is 0 Å². The Labute approximate surface area is 70.1 Å². The predicted molar refractivity (Wildman–Crippen MR) is 43.7 cm³/mol. The van der Waals surface area contributed by atoms with E-state index in [2.05, 4.69) is 9.84 Å². The number of rotatable bonds is 1. The average molecular weight is 169 g/mol. The monoisotopic (exact) mass is 169 g/mol. The van der Waals surface area contributed by atoms with Crippen molar-refractivity contribution in [1.82, 2.24) is 9.78 Å². The molecule has 0 amide bonds. The van der Waals surface area contributed by atoms with Gasteiger partial charge in [0.2, 0.25) is 0 Å². The van der Waals surface area contributed by atoms with Gasteiger partial charge in [-0.05, 0) is 6.92 Å². The molecule has 0 bridgehead atoms. The summed E-state index contributed by atoms with van der Waals surface area (Å²) in [4.78, 5) is 11.1. The molecule has 0 aromatic carbocycles. The first-order chi connectivity index (χ1) is 5.57. The topological polar surface area (TPSA) is 70.1 Å². The van der Waals surface area contributed by atoms with Crippen molar-refractivity contribution in [2.45, 2.75) is 6.92 Å². The molecule has 0 saturated carbocycles. The molecule has 0 aliphatic rings. The van der Waals surface area contributed by atoms with E-state index >= 15 is 0 Å². The highest BCUT2D eigenvalue weighted by molar-refractivity contribution is 5.90. The number of aromatic nitrogens is 2. The fourth-order valence-electron chi connectivity index (χ4n) is 1.03. The molecule has 0 fully saturated rings. The number of methoxy groups -OCH3 is 1. The normalized spacial score (nSPS) is 9.92. The lowest BCUT2D eigenvalue weighted by Crippen LogP contribution is -2.09. The molecule has 1 heterocycles. The maximum atomic E-state index is 11.1. The van der Waals surface area contributed by atoms with Gasteiger partial charge in [0.15, 0.2) is 5.69 Å². The molecule has 0 radical (unpaired) electrons. The fourth-order valence-corrected chi connectivity index (χ4v) is 1.03. The molecule has 0 saturated heterocycles. The lowest BCUT2D eigenvalue weighted by atomic mass is 10.2. The molecule has 1 aromatic heterocycles. The molecule has 12 heavy (non-hydrogen) atoms. The van der Waals surface area contributed by atoms with Gasteiger partial charge in [-0.25, -0.2) is 4.79 Å². The maximum absolute atomic E-state index is 11.1. The SMILES string of the molecule is COC(=O)c1c(C)c(N)nn1C. The third-order valence-electron chi connectivity index (χ3n) is 1.70. The van der Waals surface area contributed by atoms with Crippen molar-refractivity contribution in [2.24, 2.45) is 7.05 Å². The number of carbonyl (C=O) groups is 1. The standard InChI is InChI=1S/C7H11N3O2/c1-4-5(7(11)12-3)10(2)9-6(4)8/h1-3H3,(H2,8,9).